The molecule has 4 nitrogen and oxygen atoms in total. The third-order valence-corrected chi connectivity index (χ3v) is 3.14. The van der Waals surface area contributed by atoms with E-state index in [0.29, 0.717) is 18.9 Å². The van der Waals surface area contributed by atoms with E-state index in [1.807, 2.05) is 0 Å². The van der Waals surface area contributed by atoms with Crippen LogP contribution in [-0.4, -0.2) is 50.8 Å². The molecule has 0 atom stereocenters. The fourth-order valence-electron chi connectivity index (χ4n) is 2.02. The van der Waals surface area contributed by atoms with E-state index in [0.717, 1.165) is 18.2 Å². The van der Waals surface area contributed by atoms with Gasteiger partial charge in [-0.15, -0.1) is 24.0 Å². The first-order valence-corrected chi connectivity index (χ1v) is 7.35. The number of nitrogens with one attached hydrogen (secondary N) is 2. The Balaban J connectivity index is 0.00000576. The van der Waals surface area contributed by atoms with Gasteiger partial charge in [-0.05, 0) is 38.2 Å². The highest BCUT2D eigenvalue weighted by atomic mass is 127. The molecule has 0 unspecified atom stereocenters. The zero-order valence-electron chi connectivity index (χ0n) is 14.0. The summed E-state index contributed by atoms with van der Waals surface area (Å²) >= 11 is 0. The largest absolute Gasteiger partial charge is 0.401 e. The van der Waals surface area contributed by atoms with Crippen molar-refractivity contribution < 1.29 is 22.0 Å². The second-order valence-electron chi connectivity index (χ2n) is 5.29. The van der Waals surface area contributed by atoms with Crippen LogP contribution in [0, 0.1) is 11.6 Å². The summed E-state index contributed by atoms with van der Waals surface area (Å²) in [5.74, 6) is -0.714. The highest BCUT2D eigenvalue weighted by Crippen LogP contribution is 2.15. The van der Waals surface area contributed by atoms with Gasteiger partial charge in [-0.25, -0.2) is 8.78 Å². The van der Waals surface area contributed by atoms with Crippen LogP contribution in [-0.2, 0) is 6.54 Å². The van der Waals surface area contributed by atoms with Crippen LogP contribution in [0.1, 0.15) is 12.0 Å². The summed E-state index contributed by atoms with van der Waals surface area (Å²) < 4.78 is 63.1. The quantitative estimate of drug-likeness (QED) is 0.207. The molecule has 0 aliphatic carbocycles. The van der Waals surface area contributed by atoms with Gasteiger partial charge < -0.3 is 10.6 Å². The molecule has 0 amide bonds. The predicted octanol–water partition coefficient (Wildman–Crippen LogP) is 3.13. The third kappa shape index (κ3) is 10.4. The van der Waals surface area contributed by atoms with Gasteiger partial charge in [0.05, 0.1) is 6.54 Å². The molecule has 0 radical (unpaired) electrons. The molecule has 1 aromatic rings. The summed E-state index contributed by atoms with van der Waals surface area (Å²) in [7, 11) is 2.90. The topological polar surface area (TPSA) is 39.7 Å². The average Bonchev–Trinajstić information content (AvgIpc) is 2.48. The van der Waals surface area contributed by atoms with Crippen LogP contribution in [0.4, 0.5) is 22.0 Å². The lowest BCUT2D eigenvalue weighted by Gasteiger charge is -2.19. The normalized spacial score (nSPS) is 12.1. The third-order valence-electron chi connectivity index (χ3n) is 3.14. The Kier molecular flexibility index (Phi) is 10.9. The van der Waals surface area contributed by atoms with E-state index in [2.05, 4.69) is 15.6 Å². The smallest absolute Gasteiger partial charge is 0.356 e. The van der Waals surface area contributed by atoms with Gasteiger partial charge in [0, 0.05) is 25.7 Å². The van der Waals surface area contributed by atoms with Crippen molar-refractivity contribution in [2.75, 3.05) is 33.7 Å². The van der Waals surface area contributed by atoms with Crippen molar-refractivity contribution in [1.82, 2.24) is 15.5 Å². The van der Waals surface area contributed by atoms with Gasteiger partial charge in [-0.3, -0.25) is 9.89 Å². The Hall–Kier alpha value is -1.17. The SMILES string of the molecule is CN=C(NCCCN(C)CC(F)(F)F)NCc1cc(F)ccc1F.I. The Bertz CT molecular complexity index is 551. The van der Waals surface area contributed by atoms with E-state index < -0.39 is 24.4 Å². The van der Waals surface area contributed by atoms with Crippen LogP contribution < -0.4 is 10.6 Å². The standard InChI is InChI=1S/C15H21F5N4.HI/c1-21-14(22-6-3-7-24(2)10-15(18,19)20)23-9-11-8-12(16)4-5-13(11)17;/h4-5,8H,3,6-7,9-10H2,1-2H3,(H2,21,22,23);1H. The number of hydrogen-bond donors (Lipinski definition) is 2. The molecule has 0 aliphatic rings. The zero-order chi connectivity index (χ0) is 18.2. The number of alkyl halides is 3. The van der Waals surface area contributed by atoms with E-state index in [4.69, 9.17) is 0 Å². The summed E-state index contributed by atoms with van der Waals surface area (Å²) in [6, 6.07) is 3.16. The van der Waals surface area contributed by atoms with Crippen molar-refractivity contribution >= 4 is 29.9 Å². The molecule has 25 heavy (non-hydrogen) atoms. The van der Waals surface area contributed by atoms with Gasteiger partial charge >= 0.3 is 6.18 Å². The number of rotatable bonds is 7. The summed E-state index contributed by atoms with van der Waals surface area (Å²) in [4.78, 5) is 5.10. The molecule has 1 aromatic carbocycles. The Morgan fingerprint density at radius 1 is 1.20 bits per heavy atom. The van der Waals surface area contributed by atoms with Gasteiger partial charge in [-0.1, -0.05) is 0 Å². The van der Waals surface area contributed by atoms with Crippen LogP contribution in [0.5, 0.6) is 0 Å². The van der Waals surface area contributed by atoms with Crippen molar-refractivity contribution in [1.29, 1.82) is 0 Å². The maximum absolute atomic E-state index is 13.5. The highest BCUT2D eigenvalue weighted by molar-refractivity contribution is 14.0. The lowest BCUT2D eigenvalue weighted by Crippen LogP contribution is -2.39. The van der Waals surface area contributed by atoms with E-state index in [1.54, 1.807) is 0 Å². The summed E-state index contributed by atoms with van der Waals surface area (Å²) in [6.45, 7) is -0.258. The minimum absolute atomic E-state index is 0. The van der Waals surface area contributed by atoms with Crippen molar-refractivity contribution in [3.05, 3.63) is 35.4 Å². The Labute approximate surface area is 160 Å². The second kappa shape index (κ2) is 11.4. The molecule has 10 heteroatoms. The molecule has 0 saturated carbocycles. The van der Waals surface area contributed by atoms with Crippen LogP contribution >= 0.6 is 24.0 Å². The molecule has 144 valence electrons. The molecular formula is C15H22F5IN4. The van der Waals surface area contributed by atoms with Crippen LogP contribution in [0.15, 0.2) is 23.2 Å². The molecule has 2 N–H and O–H groups in total. The summed E-state index contributed by atoms with van der Waals surface area (Å²) in [5.41, 5.74) is 0.155. The molecule has 0 saturated heterocycles. The maximum atomic E-state index is 13.5. The van der Waals surface area contributed by atoms with Crippen molar-refractivity contribution in [3.63, 3.8) is 0 Å². The Morgan fingerprint density at radius 3 is 2.48 bits per heavy atom. The minimum atomic E-state index is -4.21. The second-order valence-corrected chi connectivity index (χ2v) is 5.29. The van der Waals surface area contributed by atoms with E-state index >= 15 is 0 Å². The number of benzene rings is 1. The average molecular weight is 480 g/mol. The lowest BCUT2D eigenvalue weighted by molar-refractivity contribution is -0.143. The molecule has 0 heterocycles. The molecular weight excluding hydrogens is 458 g/mol. The first-order valence-electron chi connectivity index (χ1n) is 7.35. The molecule has 0 fully saturated rings. The fourth-order valence-corrected chi connectivity index (χ4v) is 2.02. The monoisotopic (exact) mass is 480 g/mol. The lowest BCUT2D eigenvalue weighted by atomic mass is 10.2. The number of guanidine groups is 1. The maximum Gasteiger partial charge on any atom is 0.401 e. The molecule has 0 aliphatic heterocycles. The van der Waals surface area contributed by atoms with E-state index in [1.165, 1.54) is 19.0 Å². The van der Waals surface area contributed by atoms with Crippen LogP contribution in [0.3, 0.4) is 0 Å². The van der Waals surface area contributed by atoms with Crippen LogP contribution in [0.25, 0.3) is 0 Å². The first-order chi connectivity index (χ1) is 11.2. The van der Waals surface area contributed by atoms with Crippen molar-refractivity contribution in [2.24, 2.45) is 4.99 Å². The molecule has 0 spiro atoms. The fraction of sp³-hybridized carbons (Fsp3) is 0.533. The number of halogens is 6. The Morgan fingerprint density at radius 2 is 1.88 bits per heavy atom. The van der Waals surface area contributed by atoms with Gasteiger partial charge in [0.2, 0.25) is 0 Å². The molecule has 1 rings (SSSR count). The van der Waals surface area contributed by atoms with Crippen LogP contribution in [0.2, 0.25) is 0 Å². The molecule has 0 aromatic heterocycles. The van der Waals surface area contributed by atoms with E-state index in [9.17, 15) is 22.0 Å². The zero-order valence-corrected chi connectivity index (χ0v) is 16.3. The van der Waals surface area contributed by atoms with E-state index in [-0.39, 0.29) is 42.6 Å². The van der Waals surface area contributed by atoms with Gasteiger partial charge in [-0.2, -0.15) is 13.2 Å². The molecule has 0 bridgehead atoms. The number of aliphatic imine (C=N–C) groups is 1. The van der Waals surface area contributed by atoms with Gasteiger partial charge in [0.25, 0.3) is 0 Å². The first kappa shape index (κ1) is 23.8. The minimum Gasteiger partial charge on any atom is -0.356 e. The highest BCUT2D eigenvalue weighted by Gasteiger charge is 2.28. The number of hydrogen-bond acceptors (Lipinski definition) is 2. The van der Waals surface area contributed by atoms with Crippen molar-refractivity contribution in [3.8, 4) is 0 Å². The van der Waals surface area contributed by atoms with Gasteiger partial charge in [0.1, 0.15) is 11.6 Å². The van der Waals surface area contributed by atoms with Gasteiger partial charge in [0.15, 0.2) is 5.96 Å². The predicted molar refractivity (Wildman–Crippen MR) is 98.1 cm³/mol. The summed E-state index contributed by atoms with van der Waals surface area (Å²) in [6.07, 6.45) is -3.74. The summed E-state index contributed by atoms with van der Waals surface area (Å²) in [5, 5.41) is 5.73. The van der Waals surface area contributed by atoms with Crippen molar-refractivity contribution in [2.45, 2.75) is 19.1 Å². The number of nitrogens with zero attached hydrogens (tertiary/aromatic N) is 2.